The Labute approximate surface area is 177 Å². The highest BCUT2D eigenvalue weighted by atomic mass is 28.3. The molecule has 5 atom stereocenters. The number of hydrogen-bond acceptors (Lipinski definition) is 9. The Morgan fingerprint density at radius 2 is 1.47 bits per heavy atom. The first-order valence-corrected chi connectivity index (χ1v) is 13.5. The van der Waals surface area contributed by atoms with Crippen LogP contribution in [0.1, 0.15) is 27.7 Å². The lowest BCUT2D eigenvalue weighted by atomic mass is 9.96. The Balaban J connectivity index is 3.22. The highest BCUT2D eigenvalue weighted by molar-refractivity contribution is 6.76. The first-order chi connectivity index (χ1) is 13.8. The van der Waals surface area contributed by atoms with Gasteiger partial charge in [-0.2, -0.15) is 0 Å². The molecular formula is C19H33NO9Si. The number of hydrogen-bond donors (Lipinski definition) is 1. The van der Waals surface area contributed by atoms with Gasteiger partial charge in [0.2, 0.25) is 5.91 Å². The molecule has 1 aliphatic heterocycles. The average molecular weight is 448 g/mol. The normalized spacial score (nSPS) is 26.4. The first-order valence-electron chi connectivity index (χ1n) is 9.82. The van der Waals surface area contributed by atoms with E-state index in [9.17, 15) is 19.2 Å². The molecule has 1 unspecified atom stereocenters. The predicted octanol–water partition coefficient (Wildman–Crippen LogP) is 0.997. The maximum Gasteiger partial charge on any atom is 0.303 e. The molecule has 0 radical (unpaired) electrons. The standard InChI is InChI=1S/C19H33NO9Si/c1-11(21)20-16-18(28-14(4)24)17(27-13(3)23)15(10-26-12(2)22)29-19(16)25-8-9-30(5,6)7/h15-19H,8-10H2,1-7H3,(H,20,21)/t15-,16-,17-,18-,19?/m1/s1. The van der Waals surface area contributed by atoms with E-state index in [1.807, 2.05) is 0 Å². The second-order valence-corrected chi connectivity index (χ2v) is 14.0. The molecule has 10 nitrogen and oxygen atoms in total. The monoisotopic (exact) mass is 447 g/mol. The Kier molecular flexibility index (Phi) is 9.92. The van der Waals surface area contributed by atoms with E-state index in [0.717, 1.165) is 6.04 Å². The van der Waals surface area contributed by atoms with Crippen LogP contribution in [0.3, 0.4) is 0 Å². The van der Waals surface area contributed by atoms with Crippen LogP contribution in [0.5, 0.6) is 0 Å². The van der Waals surface area contributed by atoms with Gasteiger partial charge in [-0.25, -0.2) is 0 Å². The van der Waals surface area contributed by atoms with Crippen molar-refractivity contribution in [2.45, 2.75) is 84.0 Å². The summed E-state index contributed by atoms with van der Waals surface area (Å²) in [6.45, 7) is 11.6. The lowest BCUT2D eigenvalue weighted by Crippen LogP contribution is -2.66. The van der Waals surface area contributed by atoms with Crippen LogP contribution in [0.2, 0.25) is 25.7 Å². The third-order valence-electron chi connectivity index (χ3n) is 4.21. The zero-order valence-electron chi connectivity index (χ0n) is 18.7. The van der Waals surface area contributed by atoms with E-state index in [0.29, 0.717) is 6.61 Å². The summed E-state index contributed by atoms with van der Waals surface area (Å²) in [7, 11) is -1.41. The molecule has 0 spiro atoms. The fourth-order valence-electron chi connectivity index (χ4n) is 2.91. The molecule has 1 N–H and O–H groups in total. The SMILES string of the molecule is CC(=O)N[C@H]1C(OCC[Si](C)(C)C)O[C@H](COC(C)=O)[C@@H](OC(C)=O)[C@@H]1OC(C)=O. The van der Waals surface area contributed by atoms with Gasteiger partial charge in [-0.1, -0.05) is 19.6 Å². The van der Waals surface area contributed by atoms with Gasteiger partial charge in [0.1, 0.15) is 18.8 Å². The summed E-state index contributed by atoms with van der Waals surface area (Å²) >= 11 is 0. The summed E-state index contributed by atoms with van der Waals surface area (Å²) in [6.07, 6.45) is -4.16. The van der Waals surface area contributed by atoms with Crippen molar-refractivity contribution in [3.63, 3.8) is 0 Å². The average Bonchev–Trinajstić information content (AvgIpc) is 2.55. The zero-order valence-corrected chi connectivity index (χ0v) is 19.7. The lowest BCUT2D eigenvalue weighted by molar-refractivity contribution is -0.276. The maximum atomic E-state index is 11.8. The van der Waals surface area contributed by atoms with Crippen LogP contribution < -0.4 is 5.32 Å². The Hall–Kier alpha value is -1.98. The van der Waals surface area contributed by atoms with Gasteiger partial charge in [-0.05, 0) is 6.04 Å². The molecule has 1 amide bonds. The molecule has 1 heterocycles. The number of ether oxygens (including phenoxy) is 5. The molecule has 0 aliphatic carbocycles. The lowest BCUT2D eigenvalue weighted by Gasteiger charge is -2.45. The molecule has 0 aromatic heterocycles. The molecular weight excluding hydrogens is 414 g/mol. The highest BCUT2D eigenvalue weighted by Crippen LogP contribution is 2.28. The summed E-state index contributed by atoms with van der Waals surface area (Å²) < 4.78 is 27.6. The van der Waals surface area contributed by atoms with Crippen LogP contribution in [0, 0.1) is 0 Å². The second-order valence-electron chi connectivity index (χ2n) is 8.40. The van der Waals surface area contributed by atoms with Crippen LogP contribution >= 0.6 is 0 Å². The minimum atomic E-state index is -1.41. The molecule has 0 saturated carbocycles. The van der Waals surface area contributed by atoms with Crippen molar-refractivity contribution >= 4 is 31.9 Å². The molecule has 11 heteroatoms. The fourth-order valence-corrected chi connectivity index (χ4v) is 3.64. The van der Waals surface area contributed by atoms with Crippen LogP contribution in [0.25, 0.3) is 0 Å². The molecule has 0 bridgehead atoms. The molecule has 0 aromatic rings. The van der Waals surface area contributed by atoms with E-state index in [1.54, 1.807) is 0 Å². The zero-order chi connectivity index (χ0) is 23.1. The Morgan fingerprint density at radius 3 is 1.93 bits per heavy atom. The summed E-state index contributed by atoms with van der Waals surface area (Å²) in [4.78, 5) is 46.6. The fraction of sp³-hybridized carbons (Fsp3) is 0.789. The van der Waals surface area contributed by atoms with Crippen LogP contribution in [0.15, 0.2) is 0 Å². The summed E-state index contributed by atoms with van der Waals surface area (Å²) in [6, 6.07) is -0.0918. The molecule has 1 fully saturated rings. The number of esters is 3. The van der Waals surface area contributed by atoms with Crippen LogP contribution in [-0.2, 0) is 42.9 Å². The van der Waals surface area contributed by atoms with E-state index < -0.39 is 62.5 Å². The molecule has 1 rings (SSSR count). The maximum absolute atomic E-state index is 11.8. The second kappa shape index (κ2) is 11.4. The number of amides is 1. The Bertz CT molecular complexity index is 634. The third kappa shape index (κ3) is 9.22. The molecule has 172 valence electrons. The smallest absolute Gasteiger partial charge is 0.303 e. The van der Waals surface area contributed by atoms with Gasteiger partial charge < -0.3 is 29.0 Å². The van der Waals surface area contributed by atoms with Crippen molar-refractivity contribution in [2.24, 2.45) is 0 Å². The van der Waals surface area contributed by atoms with Crippen LogP contribution in [0.4, 0.5) is 0 Å². The van der Waals surface area contributed by atoms with Crippen LogP contribution in [-0.4, -0.2) is 75.7 Å². The predicted molar refractivity (Wildman–Crippen MR) is 108 cm³/mol. The van der Waals surface area contributed by atoms with Crippen molar-refractivity contribution in [1.82, 2.24) is 5.32 Å². The van der Waals surface area contributed by atoms with Gasteiger partial charge in [0.05, 0.1) is 0 Å². The van der Waals surface area contributed by atoms with Crippen molar-refractivity contribution in [3.8, 4) is 0 Å². The van der Waals surface area contributed by atoms with Crippen molar-refractivity contribution in [3.05, 3.63) is 0 Å². The van der Waals surface area contributed by atoms with E-state index in [1.165, 1.54) is 27.7 Å². The van der Waals surface area contributed by atoms with Gasteiger partial charge in [-0.3, -0.25) is 19.2 Å². The summed E-state index contributed by atoms with van der Waals surface area (Å²) in [5.74, 6) is -2.24. The number of carbonyl (C=O) groups is 4. The largest absolute Gasteiger partial charge is 0.463 e. The Morgan fingerprint density at radius 1 is 0.900 bits per heavy atom. The first kappa shape index (κ1) is 26.1. The molecule has 0 aromatic carbocycles. The van der Waals surface area contributed by atoms with Crippen molar-refractivity contribution in [1.29, 1.82) is 0 Å². The van der Waals surface area contributed by atoms with Crippen molar-refractivity contribution < 1.29 is 42.9 Å². The van der Waals surface area contributed by atoms with Gasteiger partial charge in [0.15, 0.2) is 18.5 Å². The summed E-state index contributed by atoms with van der Waals surface area (Å²) in [5.41, 5.74) is 0. The number of nitrogens with one attached hydrogen (secondary N) is 1. The topological polar surface area (TPSA) is 126 Å². The van der Waals surface area contributed by atoms with Crippen molar-refractivity contribution in [2.75, 3.05) is 13.2 Å². The highest BCUT2D eigenvalue weighted by Gasteiger charge is 2.51. The van der Waals surface area contributed by atoms with Gasteiger partial charge >= 0.3 is 17.9 Å². The van der Waals surface area contributed by atoms with E-state index in [2.05, 4.69) is 25.0 Å². The molecule has 30 heavy (non-hydrogen) atoms. The number of rotatable bonds is 9. The summed E-state index contributed by atoms with van der Waals surface area (Å²) in [5, 5.41) is 2.67. The molecule has 1 aliphatic rings. The van der Waals surface area contributed by atoms with E-state index in [-0.39, 0.29) is 6.61 Å². The van der Waals surface area contributed by atoms with E-state index >= 15 is 0 Å². The minimum absolute atomic E-state index is 0.244. The van der Waals surface area contributed by atoms with Gasteiger partial charge in [-0.15, -0.1) is 0 Å². The quantitative estimate of drug-likeness (QED) is 0.313. The third-order valence-corrected chi connectivity index (χ3v) is 5.91. The molecule has 1 saturated heterocycles. The van der Waals surface area contributed by atoms with E-state index in [4.69, 9.17) is 23.7 Å². The minimum Gasteiger partial charge on any atom is -0.463 e. The number of carbonyl (C=O) groups excluding carboxylic acids is 4. The van der Waals surface area contributed by atoms with Gasteiger partial charge in [0.25, 0.3) is 0 Å². The van der Waals surface area contributed by atoms with Gasteiger partial charge in [0, 0.05) is 42.4 Å².